The number of benzene rings is 1. The van der Waals surface area contributed by atoms with Gasteiger partial charge in [-0.05, 0) is 5.41 Å². The predicted molar refractivity (Wildman–Crippen MR) is 56.1 cm³/mol. The second kappa shape index (κ2) is 5.60. The Balaban J connectivity index is 0. The Morgan fingerprint density at radius 1 is 1.17 bits per heavy atom. The van der Waals surface area contributed by atoms with Crippen LogP contribution in [0.3, 0.4) is 0 Å². The average Bonchev–Trinajstić information content (AvgIpc) is 1.88. The van der Waals surface area contributed by atoms with Gasteiger partial charge in [-0.15, -0.1) is 0 Å². The van der Waals surface area contributed by atoms with E-state index in [1.165, 1.54) is 5.56 Å². The Hall–Kier alpha value is -0.0138. The Kier molecular flexibility index (Phi) is 6.77. The van der Waals surface area contributed by atoms with Gasteiger partial charge in [0.15, 0.2) is 0 Å². The van der Waals surface area contributed by atoms with E-state index in [-0.39, 0.29) is 35.9 Å². The summed E-state index contributed by atoms with van der Waals surface area (Å²) in [6.45, 7) is 6.58. The molecule has 0 saturated carbocycles. The van der Waals surface area contributed by atoms with Gasteiger partial charge in [0, 0.05) is 0 Å². The fourth-order valence-corrected chi connectivity index (χ4v) is 0.860. The summed E-state index contributed by atoms with van der Waals surface area (Å²) in [6.07, 6.45) is 0. The molecule has 0 unspecified atom stereocenters. The maximum Gasteiger partial charge on any atom is 2.00 e. The quantitative estimate of drug-likeness (QED) is 0.417. The molecule has 0 spiro atoms. The molecule has 0 atom stereocenters. The summed E-state index contributed by atoms with van der Waals surface area (Å²) in [7, 11) is 0. The Morgan fingerprint density at radius 3 is 2.00 bits per heavy atom. The summed E-state index contributed by atoms with van der Waals surface area (Å²) in [5.74, 6) is 0. The maximum absolute atomic E-state index is 3.21. The number of hydrogen-bond acceptors (Lipinski definition) is 0. The van der Waals surface area contributed by atoms with Gasteiger partial charge >= 0.3 is 23.1 Å². The molecule has 0 fully saturated rings. The van der Waals surface area contributed by atoms with Crippen LogP contribution in [0.4, 0.5) is 0 Å². The van der Waals surface area contributed by atoms with Crippen molar-refractivity contribution in [1.82, 2.24) is 0 Å². The third-order valence-corrected chi connectivity index (χ3v) is 1.52. The Bertz CT molecular complexity index is 196. The van der Waals surface area contributed by atoms with Crippen LogP contribution in [0.15, 0.2) is 24.3 Å². The van der Waals surface area contributed by atoms with Gasteiger partial charge < -0.3 is 7.43 Å². The monoisotopic (exact) mass is 172 g/mol. The first-order valence-electron chi connectivity index (χ1n) is 3.58. The normalized spacial score (nSPS) is 9.58. The Morgan fingerprint density at radius 2 is 1.75 bits per heavy atom. The zero-order chi connectivity index (χ0) is 7.61. The summed E-state index contributed by atoms with van der Waals surface area (Å²) in [5, 5.41) is 0. The zero-order valence-electron chi connectivity index (χ0n) is 8.52. The zero-order valence-corrected chi connectivity index (χ0v) is 9.93. The number of rotatable bonds is 0. The minimum Gasteiger partial charge on any atom is -0.358 e. The van der Waals surface area contributed by atoms with Crippen LogP contribution in [0.5, 0.6) is 0 Å². The molecule has 1 rings (SSSR count). The van der Waals surface area contributed by atoms with Crippen LogP contribution in [0, 0.1) is 13.5 Å². The third-order valence-electron chi connectivity index (χ3n) is 1.52. The molecule has 0 bridgehead atoms. The van der Waals surface area contributed by atoms with Crippen molar-refractivity contribution in [1.29, 1.82) is 0 Å². The molecule has 0 radical (unpaired) electrons. The van der Waals surface area contributed by atoms with E-state index >= 15 is 0 Å². The van der Waals surface area contributed by atoms with Crippen molar-refractivity contribution in [2.75, 3.05) is 0 Å². The average molecular weight is 173 g/mol. The standard InChI is InChI=1S/C10H13.CH3.Mg/c1-10(2,3)9-7-5-4-6-8-9;;/h4-7H,1-3H3;1H3;/q2*-1;+2. The second-order valence-electron chi connectivity index (χ2n) is 3.53. The molecule has 0 aliphatic heterocycles. The molecular formula is C11H16Mg. The van der Waals surface area contributed by atoms with E-state index in [9.17, 15) is 0 Å². The molecule has 0 amide bonds. The van der Waals surface area contributed by atoms with Gasteiger partial charge in [-0.1, -0.05) is 20.8 Å². The van der Waals surface area contributed by atoms with Crippen LogP contribution in [0.1, 0.15) is 26.3 Å². The van der Waals surface area contributed by atoms with Crippen LogP contribution in [-0.2, 0) is 5.41 Å². The van der Waals surface area contributed by atoms with Crippen molar-refractivity contribution in [3.8, 4) is 0 Å². The van der Waals surface area contributed by atoms with Crippen LogP contribution < -0.4 is 0 Å². The predicted octanol–water partition coefficient (Wildman–Crippen LogP) is 2.85. The number of hydrogen-bond donors (Lipinski definition) is 0. The molecule has 1 aromatic rings. The topological polar surface area (TPSA) is 0 Å². The van der Waals surface area contributed by atoms with Gasteiger partial charge in [0.1, 0.15) is 0 Å². The van der Waals surface area contributed by atoms with Gasteiger partial charge in [-0.25, -0.2) is 0 Å². The van der Waals surface area contributed by atoms with Crippen molar-refractivity contribution < 1.29 is 0 Å². The fourth-order valence-electron chi connectivity index (χ4n) is 0.860. The Labute approximate surface area is 92.5 Å². The third kappa shape index (κ3) is 4.12. The molecule has 12 heavy (non-hydrogen) atoms. The molecule has 0 saturated heterocycles. The van der Waals surface area contributed by atoms with Crippen LogP contribution >= 0.6 is 0 Å². The summed E-state index contributed by atoms with van der Waals surface area (Å²) in [6, 6.07) is 11.3. The van der Waals surface area contributed by atoms with Gasteiger partial charge in [-0.3, -0.25) is 0 Å². The van der Waals surface area contributed by atoms with Gasteiger partial charge in [-0.2, -0.15) is 35.9 Å². The van der Waals surface area contributed by atoms with Crippen molar-refractivity contribution in [2.45, 2.75) is 26.2 Å². The molecule has 0 nitrogen and oxygen atoms in total. The SMILES string of the molecule is CC(C)(C)c1[c-]cccc1.[CH3-].[Mg+2]. The molecular weight excluding hydrogens is 156 g/mol. The molecule has 1 aromatic carbocycles. The largest absolute Gasteiger partial charge is 2.00 e. The van der Waals surface area contributed by atoms with Gasteiger partial charge in [0.25, 0.3) is 0 Å². The van der Waals surface area contributed by atoms with Crippen LogP contribution in [0.25, 0.3) is 0 Å². The summed E-state index contributed by atoms with van der Waals surface area (Å²) < 4.78 is 0. The van der Waals surface area contributed by atoms with Gasteiger partial charge in [0.05, 0.1) is 0 Å². The van der Waals surface area contributed by atoms with E-state index in [4.69, 9.17) is 0 Å². The first kappa shape index (κ1) is 14.5. The van der Waals surface area contributed by atoms with Crippen LogP contribution in [-0.4, -0.2) is 23.1 Å². The fraction of sp³-hybridized carbons (Fsp3) is 0.364. The van der Waals surface area contributed by atoms with Gasteiger partial charge in [0.2, 0.25) is 0 Å². The summed E-state index contributed by atoms with van der Waals surface area (Å²) in [4.78, 5) is 0. The molecule has 0 N–H and O–H groups in total. The first-order chi connectivity index (χ1) is 4.61. The molecule has 0 aliphatic rings. The van der Waals surface area contributed by atoms with E-state index in [1.807, 2.05) is 12.1 Å². The smallest absolute Gasteiger partial charge is 0.358 e. The molecule has 62 valence electrons. The maximum atomic E-state index is 3.21. The second-order valence-corrected chi connectivity index (χ2v) is 3.53. The van der Waals surface area contributed by atoms with Crippen molar-refractivity contribution in [3.63, 3.8) is 0 Å². The molecule has 0 aliphatic carbocycles. The van der Waals surface area contributed by atoms with Crippen molar-refractivity contribution in [2.24, 2.45) is 0 Å². The van der Waals surface area contributed by atoms with E-state index in [0.29, 0.717) is 0 Å². The molecule has 0 aromatic heterocycles. The van der Waals surface area contributed by atoms with E-state index in [0.717, 1.165) is 0 Å². The van der Waals surface area contributed by atoms with E-state index < -0.39 is 0 Å². The molecule has 1 heteroatoms. The first-order valence-corrected chi connectivity index (χ1v) is 3.58. The van der Waals surface area contributed by atoms with Crippen molar-refractivity contribution in [3.05, 3.63) is 43.3 Å². The molecule has 0 heterocycles. The minimum absolute atomic E-state index is 0. The summed E-state index contributed by atoms with van der Waals surface area (Å²) >= 11 is 0. The van der Waals surface area contributed by atoms with Crippen LogP contribution in [0.2, 0.25) is 0 Å². The van der Waals surface area contributed by atoms with Crippen molar-refractivity contribution >= 4 is 23.1 Å². The van der Waals surface area contributed by atoms with E-state index in [1.54, 1.807) is 0 Å². The minimum atomic E-state index is 0. The van der Waals surface area contributed by atoms with E-state index in [2.05, 4.69) is 39.0 Å². The summed E-state index contributed by atoms with van der Waals surface area (Å²) in [5.41, 5.74) is 1.51.